The monoisotopic (exact) mass is 494 g/mol. The molecule has 0 spiro atoms. The van der Waals surface area contributed by atoms with Gasteiger partial charge in [-0.1, -0.05) is 31.9 Å². The zero-order chi connectivity index (χ0) is 26.3. The average Bonchev–Trinajstić information content (AvgIpc) is 3.57. The molecule has 1 aliphatic carbocycles. The molecule has 4 N–H and O–H groups in total. The van der Waals surface area contributed by atoms with Crippen molar-refractivity contribution >= 4 is 11.0 Å². The number of pyridine rings is 1. The maximum Gasteiger partial charge on any atom is 0.260 e. The van der Waals surface area contributed by atoms with Crippen molar-refractivity contribution in [3.63, 3.8) is 0 Å². The van der Waals surface area contributed by atoms with Crippen LogP contribution in [-0.4, -0.2) is 46.0 Å². The third kappa shape index (κ3) is 6.93. The summed E-state index contributed by atoms with van der Waals surface area (Å²) in [5.41, 5.74) is 6.32. The molecule has 3 heterocycles. The number of fused-ring (bicyclic) bond motifs is 1. The van der Waals surface area contributed by atoms with E-state index in [2.05, 4.69) is 22.6 Å². The van der Waals surface area contributed by atoms with E-state index in [0.717, 1.165) is 22.7 Å². The van der Waals surface area contributed by atoms with Gasteiger partial charge in [0.2, 0.25) is 12.4 Å². The highest BCUT2D eigenvalue weighted by Gasteiger charge is 2.18. The van der Waals surface area contributed by atoms with Crippen molar-refractivity contribution in [2.24, 2.45) is 11.7 Å². The number of nitrogens with two attached hydrogens (primary N) is 1. The maximum atomic E-state index is 12.6. The Kier molecular flexibility index (Phi) is 8.84. The Morgan fingerprint density at radius 2 is 1.89 bits per heavy atom. The number of rotatable bonds is 6. The lowest BCUT2D eigenvalue weighted by molar-refractivity contribution is -0.885. The van der Waals surface area contributed by atoms with Crippen molar-refractivity contribution in [1.82, 2.24) is 14.5 Å². The fourth-order valence-electron chi connectivity index (χ4n) is 3.34. The molecular weight excluding hydrogens is 458 g/mol. The van der Waals surface area contributed by atoms with E-state index in [9.17, 15) is 9.90 Å². The van der Waals surface area contributed by atoms with Gasteiger partial charge in [-0.2, -0.15) is 0 Å². The molecule has 4 aromatic rings. The van der Waals surface area contributed by atoms with Crippen LogP contribution in [0, 0.1) is 5.92 Å². The highest BCUT2D eigenvalue weighted by molar-refractivity contribution is 5.94. The van der Waals surface area contributed by atoms with E-state index >= 15 is 0 Å². The normalized spacial score (nSPS) is 12.8. The topological polar surface area (TPSA) is 119 Å². The summed E-state index contributed by atoms with van der Waals surface area (Å²) in [6, 6.07) is 11.2. The molecule has 9 heteroatoms. The largest absolute Gasteiger partial charge is 0.491 e. The van der Waals surface area contributed by atoms with Crippen LogP contribution in [0.3, 0.4) is 0 Å². The Hall–Kier alpha value is -3.69. The number of hydrogen-bond acceptors (Lipinski definition) is 6. The second-order valence-electron chi connectivity index (χ2n) is 9.26. The number of benzene rings is 1. The molecule has 0 radical (unpaired) electrons. The summed E-state index contributed by atoms with van der Waals surface area (Å²) in [5.74, 6) is 1.72. The van der Waals surface area contributed by atoms with Gasteiger partial charge in [-0.3, -0.25) is 14.2 Å². The number of aromatic amines is 1. The molecule has 5 rings (SSSR count). The average molecular weight is 495 g/mol. The predicted octanol–water partition coefficient (Wildman–Crippen LogP) is 2.87. The molecule has 1 fully saturated rings. The Morgan fingerprint density at radius 3 is 2.47 bits per heavy atom. The second-order valence-corrected chi connectivity index (χ2v) is 9.26. The highest BCUT2D eigenvalue weighted by Crippen LogP contribution is 2.30. The SMILES string of the molecule is CC1CC1.CN.CO[n+]1cccc(-n2cc(-c3ccc(OCC(C)(C)O)cc3)c3c(=O)[nH]cnc32)c1. The van der Waals surface area contributed by atoms with Crippen LogP contribution in [0.5, 0.6) is 5.75 Å². The quantitative estimate of drug-likeness (QED) is 0.355. The molecule has 0 bridgehead atoms. The zero-order valence-corrected chi connectivity index (χ0v) is 21.6. The molecule has 1 saturated carbocycles. The van der Waals surface area contributed by atoms with Crippen LogP contribution >= 0.6 is 0 Å². The van der Waals surface area contributed by atoms with Crippen LogP contribution in [0.15, 0.2) is 66.1 Å². The first kappa shape index (κ1) is 26.9. The Labute approximate surface area is 211 Å². The minimum Gasteiger partial charge on any atom is -0.491 e. The van der Waals surface area contributed by atoms with Crippen LogP contribution in [0.4, 0.5) is 0 Å². The van der Waals surface area contributed by atoms with Crippen molar-refractivity contribution in [1.29, 1.82) is 0 Å². The summed E-state index contributed by atoms with van der Waals surface area (Å²) in [5, 5.41) is 10.3. The Morgan fingerprint density at radius 1 is 1.22 bits per heavy atom. The molecule has 0 unspecified atom stereocenters. The molecule has 9 nitrogen and oxygen atoms in total. The van der Waals surface area contributed by atoms with Crippen molar-refractivity contribution < 1.29 is 19.4 Å². The van der Waals surface area contributed by atoms with E-state index in [-0.39, 0.29) is 12.2 Å². The smallest absolute Gasteiger partial charge is 0.260 e. The van der Waals surface area contributed by atoms with Gasteiger partial charge in [0.15, 0.2) is 5.65 Å². The summed E-state index contributed by atoms with van der Waals surface area (Å²) in [6.45, 7) is 5.83. The Balaban J connectivity index is 0.000000537. The lowest BCUT2D eigenvalue weighted by atomic mass is 10.1. The van der Waals surface area contributed by atoms with Crippen LogP contribution in [0.25, 0.3) is 27.8 Å². The van der Waals surface area contributed by atoms with Gasteiger partial charge in [0.25, 0.3) is 5.56 Å². The van der Waals surface area contributed by atoms with Crippen molar-refractivity contribution in [2.75, 3.05) is 20.8 Å². The van der Waals surface area contributed by atoms with Gasteiger partial charge in [-0.05, 0) is 50.6 Å². The van der Waals surface area contributed by atoms with Gasteiger partial charge in [0.1, 0.15) is 25.2 Å². The molecule has 0 saturated heterocycles. The number of H-pyrrole nitrogens is 1. The van der Waals surface area contributed by atoms with E-state index in [4.69, 9.17) is 9.57 Å². The molecule has 36 heavy (non-hydrogen) atoms. The van der Waals surface area contributed by atoms with Crippen LogP contribution < -0.4 is 25.6 Å². The molecule has 0 aliphatic heterocycles. The number of nitrogens with one attached hydrogen (secondary N) is 1. The number of hydrogen-bond donors (Lipinski definition) is 3. The molecule has 192 valence electrons. The highest BCUT2D eigenvalue weighted by atomic mass is 16.6. The molecule has 3 aromatic heterocycles. The van der Waals surface area contributed by atoms with Crippen LogP contribution in [0.2, 0.25) is 0 Å². The van der Waals surface area contributed by atoms with Crippen LogP contribution in [-0.2, 0) is 0 Å². The fourth-order valence-corrected chi connectivity index (χ4v) is 3.34. The minimum atomic E-state index is -0.917. The van der Waals surface area contributed by atoms with Crippen molar-refractivity contribution in [2.45, 2.75) is 39.2 Å². The molecule has 0 amide bonds. The minimum absolute atomic E-state index is 0.183. The summed E-state index contributed by atoms with van der Waals surface area (Å²) >= 11 is 0. The van der Waals surface area contributed by atoms with E-state index in [1.165, 1.54) is 26.2 Å². The Bertz CT molecular complexity index is 1320. The van der Waals surface area contributed by atoms with Crippen molar-refractivity contribution in [3.8, 4) is 22.6 Å². The lowest BCUT2D eigenvalue weighted by Gasteiger charge is -2.17. The molecular formula is C27H36N5O4+. The number of aliphatic hydroxyl groups is 1. The zero-order valence-electron chi connectivity index (χ0n) is 21.6. The standard InChI is InChI=1S/C22H22N4O4.C4H8.CH5N/c1-22(2,28)13-30-17-8-6-15(7-9-17)18-12-26(16-5-4-10-25(11-16)29-3)20-19(18)21(27)24-14-23-20;1-4-2-3-4;1-2/h4-12,14,28H,13H2,1-3H3;4H,2-3H2,1H3;2H2,1H3/p+1. The maximum absolute atomic E-state index is 12.6. The summed E-state index contributed by atoms with van der Waals surface area (Å²) in [4.78, 5) is 24.9. The summed E-state index contributed by atoms with van der Waals surface area (Å²) in [7, 11) is 3.08. The number of nitrogens with zero attached hydrogens (tertiary/aromatic N) is 3. The molecule has 0 atom stereocenters. The van der Waals surface area contributed by atoms with Crippen molar-refractivity contribution in [3.05, 3.63) is 71.7 Å². The first-order valence-corrected chi connectivity index (χ1v) is 11.9. The second kappa shape index (κ2) is 11.8. The third-order valence-electron chi connectivity index (χ3n) is 5.46. The third-order valence-corrected chi connectivity index (χ3v) is 5.46. The fraction of sp³-hybridized carbons (Fsp3) is 0.370. The van der Waals surface area contributed by atoms with Gasteiger partial charge in [-0.25, -0.2) is 4.98 Å². The predicted molar refractivity (Wildman–Crippen MR) is 140 cm³/mol. The summed E-state index contributed by atoms with van der Waals surface area (Å²) < 4.78 is 9.05. The molecule has 1 aromatic carbocycles. The van der Waals surface area contributed by atoms with Crippen LogP contribution in [0.1, 0.15) is 33.6 Å². The number of aromatic nitrogens is 4. The van der Waals surface area contributed by atoms with Gasteiger partial charge < -0.3 is 20.6 Å². The summed E-state index contributed by atoms with van der Waals surface area (Å²) in [6.07, 6.45) is 9.84. The lowest BCUT2D eigenvalue weighted by Crippen LogP contribution is -2.39. The first-order valence-electron chi connectivity index (χ1n) is 11.9. The molecule has 1 aliphatic rings. The van der Waals surface area contributed by atoms with E-state index in [1.54, 1.807) is 38.1 Å². The van der Waals surface area contributed by atoms with Gasteiger partial charge >= 0.3 is 0 Å². The van der Waals surface area contributed by atoms with E-state index in [1.807, 2.05) is 47.2 Å². The van der Waals surface area contributed by atoms with Gasteiger partial charge in [0, 0.05) is 22.6 Å². The van der Waals surface area contributed by atoms with E-state index < -0.39 is 5.60 Å². The van der Waals surface area contributed by atoms with Gasteiger partial charge in [-0.15, -0.1) is 0 Å². The van der Waals surface area contributed by atoms with Gasteiger partial charge in [0.05, 0.1) is 17.3 Å². The first-order chi connectivity index (χ1) is 17.2. The number of ether oxygens (including phenoxy) is 1. The van der Waals surface area contributed by atoms with E-state index in [0.29, 0.717) is 16.8 Å².